The molecule has 0 saturated carbocycles. The van der Waals surface area contributed by atoms with Crippen molar-refractivity contribution < 1.29 is 33.4 Å². The molecule has 3 rings (SSSR count). The Labute approximate surface area is 218 Å². The molecule has 11 nitrogen and oxygen atoms in total. The molecule has 0 radical (unpaired) electrons. The van der Waals surface area contributed by atoms with E-state index in [-0.39, 0.29) is 24.4 Å². The molecule has 1 heterocycles. The highest BCUT2D eigenvalue weighted by atomic mass is 32.2. The summed E-state index contributed by atoms with van der Waals surface area (Å²) in [6.07, 6.45) is 1.79. The molecule has 1 aliphatic rings. The lowest BCUT2D eigenvalue weighted by atomic mass is 10.1. The van der Waals surface area contributed by atoms with Crippen LogP contribution in [0.15, 0.2) is 47.4 Å². The lowest BCUT2D eigenvalue weighted by molar-refractivity contribution is -0.125. The van der Waals surface area contributed by atoms with E-state index in [1.807, 2.05) is 30.3 Å². The van der Waals surface area contributed by atoms with Crippen LogP contribution in [-0.4, -0.2) is 68.4 Å². The highest BCUT2D eigenvalue weighted by molar-refractivity contribution is 8.18. The molecule has 4 N–H and O–H groups in total. The molecule has 1 atom stereocenters. The Balaban J connectivity index is 1.65. The normalized spacial score (nSPS) is 14.9. The molecule has 37 heavy (non-hydrogen) atoms. The largest absolute Gasteiger partial charge is 0.493 e. The Morgan fingerprint density at radius 2 is 1.70 bits per heavy atom. The molecule has 12 heteroatoms. The number of nitrogens with one attached hydrogen (secondary N) is 2. The van der Waals surface area contributed by atoms with E-state index in [9.17, 15) is 19.2 Å². The maximum atomic E-state index is 12.9. The molecule has 196 valence electrons. The number of methoxy groups -OCH3 is 3. The summed E-state index contributed by atoms with van der Waals surface area (Å²) >= 11 is 0.788. The van der Waals surface area contributed by atoms with Crippen LogP contribution in [0, 0.1) is 0 Å². The summed E-state index contributed by atoms with van der Waals surface area (Å²) in [5, 5.41) is 4.61. The first-order chi connectivity index (χ1) is 17.8. The Morgan fingerprint density at radius 1 is 1.05 bits per heavy atom. The molecule has 2 aromatic carbocycles. The van der Waals surface area contributed by atoms with Crippen molar-refractivity contribution in [1.29, 1.82) is 0 Å². The fraction of sp³-hybridized carbons (Fsp3) is 0.280. The number of nitrogens with zero attached hydrogens (tertiary/aromatic N) is 1. The molecular formula is C25H28N4O7S. The second-order valence-corrected chi connectivity index (χ2v) is 8.83. The number of ether oxygens (including phenoxy) is 3. The third-order valence-electron chi connectivity index (χ3n) is 5.41. The molecule has 0 aliphatic carbocycles. The summed E-state index contributed by atoms with van der Waals surface area (Å²) in [4.78, 5) is 50.7. The number of primary amides is 1. The van der Waals surface area contributed by atoms with Gasteiger partial charge in [-0.05, 0) is 41.1 Å². The summed E-state index contributed by atoms with van der Waals surface area (Å²) in [6.45, 7) is -0.0440. The van der Waals surface area contributed by atoms with Crippen LogP contribution in [0.2, 0.25) is 0 Å². The van der Waals surface area contributed by atoms with E-state index in [4.69, 9.17) is 19.9 Å². The highest BCUT2D eigenvalue weighted by Crippen LogP contribution is 2.40. The quantitative estimate of drug-likeness (QED) is 0.376. The summed E-state index contributed by atoms with van der Waals surface area (Å²) in [7, 11) is 4.44. The summed E-state index contributed by atoms with van der Waals surface area (Å²) in [6, 6.07) is 10.7. The van der Waals surface area contributed by atoms with E-state index >= 15 is 0 Å². The van der Waals surface area contributed by atoms with E-state index < -0.39 is 29.1 Å². The molecular weight excluding hydrogens is 500 g/mol. The number of rotatable bonds is 11. The topological polar surface area (TPSA) is 149 Å². The van der Waals surface area contributed by atoms with Crippen LogP contribution >= 0.6 is 11.8 Å². The fourth-order valence-corrected chi connectivity index (χ4v) is 4.54. The predicted molar refractivity (Wildman–Crippen MR) is 138 cm³/mol. The van der Waals surface area contributed by atoms with Gasteiger partial charge < -0.3 is 30.6 Å². The van der Waals surface area contributed by atoms with E-state index in [2.05, 4.69) is 10.6 Å². The van der Waals surface area contributed by atoms with E-state index in [0.29, 0.717) is 22.8 Å². The smallest absolute Gasteiger partial charge is 0.312 e. The highest BCUT2D eigenvalue weighted by Gasteiger charge is 2.35. The van der Waals surface area contributed by atoms with Crippen molar-refractivity contribution in [2.24, 2.45) is 5.73 Å². The van der Waals surface area contributed by atoms with Gasteiger partial charge in [0.25, 0.3) is 11.1 Å². The molecule has 5 amide bonds. The summed E-state index contributed by atoms with van der Waals surface area (Å²) in [5.41, 5.74) is 6.63. The molecule has 2 aromatic rings. The standard InChI is InChI=1S/C25H28N4O7S/c1-34-18-12-16(13-19(35-2)21(18)36-3)14-20-23(31)29(25(33)37-20)10-9-27-22(30)17(28-24(26)32)11-15-7-5-4-6-8-15/h4-8,12-14,17H,9-11H2,1-3H3,(H,27,30)(H3,26,28,32)/b20-14+. The van der Waals surface area contributed by atoms with Crippen LogP contribution in [0.25, 0.3) is 6.08 Å². The average Bonchev–Trinajstić information content (AvgIpc) is 3.15. The Morgan fingerprint density at radius 3 is 2.27 bits per heavy atom. The van der Waals surface area contributed by atoms with Crippen molar-refractivity contribution >= 4 is 40.9 Å². The van der Waals surface area contributed by atoms with Gasteiger partial charge in [0.1, 0.15) is 6.04 Å². The zero-order valence-electron chi connectivity index (χ0n) is 20.6. The number of carbonyl (C=O) groups is 4. The summed E-state index contributed by atoms with van der Waals surface area (Å²) in [5.74, 6) is 0.244. The lowest BCUT2D eigenvalue weighted by Crippen LogP contribution is -2.51. The third kappa shape index (κ3) is 6.94. The first-order valence-corrected chi connectivity index (χ1v) is 12.0. The van der Waals surface area contributed by atoms with Gasteiger partial charge in [0.05, 0.1) is 26.2 Å². The minimum absolute atomic E-state index is 0.0000659. The van der Waals surface area contributed by atoms with E-state index in [1.165, 1.54) is 21.3 Å². The molecule has 1 fully saturated rings. The number of imide groups is 1. The first-order valence-electron chi connectivity index (χ1n) is 11.2. The number of urea groups is 1. The number of nitrogens with two attached hydrogens (primary N) is 1. The second kappa shape index (κ2) is 12.7. The fourth-order valence-electron chi connectivity index (χ4n) is 3.67. The van der Waals surface area contributed by atoms with Gasteiger partial charge >= 0.3 is 6.03 Å². The van der Waals surface area contributed by atoms with Gasteiger partial charge in [-0.25, -0.2) is 4.79 Å². The van der Waals surface area contributed by atoms with Crippen molar-refractivity contribution in [3.05, 3.63) is 58.5 Å². The van der Waals surface area contributed by atoms with Crippen LogP contribution in [0.4, 0.5) is 9.59 Å². The average molecular weight is 529 g/mol. The number of thioether (sulfide) groups is 1. The third-order valence-corrected chi connectivity index (χ3v) is 6.32. The maximum absolute atomic E-state index is 12.9. The first kappa shape index (κ1) is 27.4. The lowest BCUT2D eigenvalue weighted by Gasteiger charge is -2.19. The van der Waals surface area contributed by atoms with Gasteiger partial charge in [0.15, 0.2) is 11.5 Å². The molecule has 1 aliphatic heterocycles. The van der Waals surface area contributed by atoms with Crippen LogP contribution in [0.3, 0.4) is 0 Å². The second-order valence-electron chi connectivity index (χ2n) is 7.83. The Hall–Kier alpha value is -4.19. The van der Waals surface area contributed by atoms with Gasteiger partial charge in [0, 0.05) is 19.5 Å². The van der Waals surface area contributed by atoms with Gasteiger partial charge in [-0.15, -0.1) is 0 Å². The van der Waals surface area contributed by atoms with Crippen molar-refractivity contribution in [2.75, 3.05) is 34.4 Å². The minimum Gasteiger partial charge on any atom is -0.493 e. The predicted octanol–water partition coefficient (Wildman–Crippen LogP) is 2.14. The van der Waals surface area contributed by atoms with Crippen LogP contribution in [-0.2, 0) is 16.0 Å². The van der Waals surface area contributed by atoms with Crippen molar-refractivity contribution in [3.63, 3.8) is 0 Å². The molecule has 0 aromatic heterocycles. The summed E-state index contributed by atoms with van der Waals surface area (Å²) < 4.78 is 16.0. The Bertz CT molecular complexity index is 1180. The number of hydrogen-bond donors (Lipinski definition) is 3. The van der Waals surface area contributed by atoms with Crippen LogP contribution < -0.4 is 30.6 Å². The number of hydrogen-bond acceptors (Lipinski definition) is 8. The number of amides is 5. The van der Waals surface area contributed by atoms with E-state index in [0.717, 1.165) is 22.2 Å². The van der Waals surface area contributed by atoms with E-state index in [1.54, 1.807) is 18.2 Å². The molecule has 0 bridgehead atoms. The van der Waals surface area contributed by atoms with Crippen molar-refractivity contribution in [1.82, 2.24) is 15.5 Å². The van der Waals surface area contributed by atoms with Gasteiger partial charge in [-0.3, -0.25) is 19.3 Å². The Kier molecular flexibility index (Phi) is 9.39. The van der Waals surface area contributed by atoms with Crippen LogP contribution in [0.1, 0.15) is 11.1 Å². The van der Waals surface area contributed by atoms with Crippen LogP contribution in [0.5, 0.6) is 17.2 Å². The maximum Gasteiger partial charge on any atom is 0.312 e. The van der Waals surface area contributed by atoms with Gasteiger partial charge in [0.2, 0.25) is 11.7 Å². The van der Waals surface area contributed by atoms with Gasteiger partial charge in [-0.2, -0.15) is 0 Å². The SMILES string of the molecule is COc1cc(/C=C2/SC(=O)N(CCNC(=O)C(Cc3ccccc3)NC(N)=O)C2=O)cc(OC)c1OC. The van der Waals surface area contributed by atoms with Gasteiger partial charge in [-0.1, -0.05) is 30.3 Å². The van der Waals surface area contributed by atoms with Crippen molar-refractivity contribution in [2.45, 2.75) is 12.5 Å². The number of benzene rings is 2. The molecule has 1 unspecified atom stereocenters. The monoisotopic (exact) mass is 528 g/mol. The zero-order valence-corrected chi connectivity index (χ0v) is 21.4. The molecule has 1 saturated heterocycles. The molecule has 0 spiro atoms. The minimum atomic E-state index is -0.908. The zero-order chi connectivity index (χ0) is 26.9. The van der Waals surface area contributed by atoms with Crippen molar-refractivity contribution in [3.8, 4) is 17.2 Å². The number of carbonyl (C=O) groups excluding carboxylic acids is 4.